The molecule has 110 valence electrons. The molecule has 0 saturated carbocycles. The summed E-state index contributed by atoms with van der Waals surface area (Å²) in [5, 5.41) is 0. The van der Waals surface area contributed by atoms with E-state index in [0.717, 1.165) is 5.56 Å². The Balaban J connectivity index is 2.05. The first kappa shape index (κ1) is 15.2. The molecule has 0 unspecified atom stereocenters. The molecular weight excluding hydrogens is 277 g/mol. The molecule has 0 aliphatic carbocycles. The number of benzene rings is 1. The fourth-order valence-electron chi connectivity index (χ4n) is 2.04. The molecule has 1 atom stereocenters. The molecule has 5 nitrogen and oxygen atoms in total. The topological polar surface area (TPSA) is 57.1 Å². The number of rotatable bonds is 7. The molecule has 0 fully saturated rings. The smallest absolute Gasteiger partial charge is 0.339 e. The van der Waals surface area contributed by atoms with Crippen LogP contribution in [0, 0.1) is 0 Å². The van der Waals surface area contributed by atoms with Gasteiger partial charge in [-0.2, -0.15) is 0 Å². The first-order valence-electron chi connectivity index (χ1n) is 6.79. The summed E-state index contributed by atoms with van der Waals surface area (Å²) in [6, 6.07) is 9.86. The van der Waals surface area contributed by atoms with Crippen molar-refractivity contribution in [2.45, 2.75) is 19.9 Å². The predicted molar refractivity (Wildman–Crippen MR) is 78.3 cm³/mol. The summed E-state index contributed by atoms with van der Waals surface area (Å²) in [7, 11) is -3.14. The molecule has 0 bridgehead atoms. The van der Waals surface area contributed by atoms with E-state index in [4.69, 9.17) is 13.8 Å². The van der Waals surface area contributed by atoms with Crippen LogP contribution in [0.1, 0.15) is 25.5 Å². The van der Waals surface area contributed by atoms with Crippen LogP contribution in [0.4, 0.5) is 0 Å². The second-order valence-corrected chi connectivity index (χ2v) is 6.42. The second-order valence-electron chi connectivity index (χ2n) is 4.36. The summed E-state index contributed by atoms with van der Waals surface area (Å²) < 4.78 is 28.4. The second kappa shape index (κ2) is 7.02. The van der Waals surface area contributed by atoms with E-state index in [-0.39, 0.29) is 12.2 Å². The van der Waals surface area contributed by atoms with Gasteiger partial charge in [0.05, 0.1) is 13.2 Å². The highest BCUT2D eigenvalue weighted by Crippen LogP contribution is 2.48. The van der Waals surface area contributed by atoms with Crippen molar-refractivity contribution in [3.05, 3.63) is 35.9 Å². The van der Waals surface area contributed by atoms with Crippen molar-refractivity contribution in [3.63, 3.8) is 0 Å². The van der Waals surface area contributed by atoms with E-state index in [9.17, 15) is 4.57 Å². The van der Waals surface area contributed by atoms with Crippen molar-refractivity contribution in [2.75, 3.05) is 26.0 Å². The Labute approximate surface area is 119 Å². The lowest BCUT2D eigenvalue weighted by Crippen LogP contribution is -2.10. The highest BCUT2D eigenvalue weighted by Gasteiger charge is 2.31. The minimum Gasteiger partial charge on any atom is -0.478 e. The Hall–Kier alpha value is -1.16. The van der Waals surface area contributed by atoms with E-state index in [1.165, 1.54) is 0 Å². The molecule has 2 rings (SSSR count). The van der Waals surface area contributed by atoms with E-state index in [1.807, 2.05) is 30.3 Å². The van der Waals surface area contributed by atoms with Gasteiger partial charge in [-0.15, -0.1) is 0 Å². The van der Waals surface area contributed by atoms with Crippen molar-refractivity contribution >= 4 is 13.5 Å². The zero-order chi connectivity index (χ0) is 14.4. The highest BCUT2D eigenvalue weighted by atomic mass is 31.2. The molecule has 0 N–H and O–H groups in total. The largest absolute Gasteiger partial charge is 0.478 e. The lowest BCUT2D eigenvalue weighted by atomic mass is 10.1. The number of hydrogen-bond donors (Lipinski definition) is 0. The molecule has 0 radical (unpaired) electrons. The van der Waals surface area contributed by atoms with Crippen LogP contribution in [0.2, 0.25) is 0 Å². The summed E-state index contributed by atoms with van der Waals surface area (Å²) in [6.07, 6.45) is 0.0953. The standard InChI is InChI=1S/C14H20NO4P/c1-3-18-20(16,19-4-2)11-14-15-13(10-17-14)12-8-6-5-7-9-12/h5-9,13H,3-4,10-11H2,1-2H3/t13-/m1/s1. The van der Waals surface area contributed by atoms with Crippen LogP contribution in [-0.2, 0) is 18.3 Å². The predicted octanol–water partition coefficient (Wildman–Crippen LogP) is 3.42. The maximum absolute atomic E-state index is 12.4. The van der Waals surface area contributed by atoms with Crippen LogP contribution in [0.25, 0.3) is 0 Å². The molecule has 1 aliphatic rings. The van der Waals surface area contributed by atoms with Crippen LogP contribution in [0.3, 0.4) is 0 Å². The molecule has 1 aliphatic heterocycles. The molecule has 0 spiro atoms. The van der Waals surface area contributed by atoms with Crippen LogP contribution >= 0.6 is 7.60 Å². The number of aliphatic imine (C=N–C) groups is 1. The molecule has 1 heterocycles. The molecule has 1 aromatic rings. The van der Waals surface area contributed by atoms with Crippen molar-refractivity contribution in [1.29, 1.82) is 0 Å². The van der Waals surface area contributed by atoms with Gasteiger partial charge in [0.2, 0.25) is 0 Å². The van der Waals surface area contributed by atoms with Crippen molar-refractivity contribution in [2.24, 2.45) is 4.99 Å². The third kappa shape index (κ3) is 3.92. The molecule has 0 amide bonds. The lowest BCUT2D eigenvalue weighted by molar-refractivity contribution is 0.221. The van der Waals surface area contributed by atoms with Gasteiger partial charge in [0, 0.05) is 0 Å². The van der Waals surface area contributed by atoms with Crippen LogP contribution in [0.15, 0.2) is 35.3 Å². The summed E-state index contributed by atoms with van der Waals surface area (Å²) in [5.41, 5.74) is 1.09. The number of nitrogens with zero attached hydrogens (tertiary/aromatic N) is 1. The Morgan fingerprint density at radius 1 is 1.25 bits per heavy atom. The first-order chi connectivity index (χ1) is 9.67. The Morgan fingerprint density at radius 3 is 2.50 bits per heavy atom. The molecule has 6 heteroatoms. The SMILES string of the molecule is CCOP(=O)(CC1=N[C@@H](c2ccccc2)CO1)OCC. The van der Waals surface area contributed by atoms with Gasteiger partial charge in [0.15, 0.2) is 5.90 Å². The van der Waals surface area contributed by atoms with Gasteiger partial charge in [0.1, 0.15) is 18.8 Å². The highest BCUT2D eigenvalue weighted by molar-refractivity contribution is 7.54. The Bertz CT molecular complexity index is 493. The zero-order valence-electron chi connectivity index (χ0n) is 11.8. The zero-order valence-corrected chi connectivity index (χ0v) is 12.7. The number of hydrogen-bond acceptors (Lipinski definition) is 5. The monoisotopic (exact) mass is 297 g/mol. The summed E-state index contributed by atoms with van der Waals surface area (Å²) in [4.78, 5) is 4.47. The van der Waals surface area contributed by atoms with Crippen molar-refractivity contribution in [3.8, 4) is 0 Å². The van der Waals surface area contributed by atoms with E-state index in [2.05, 4.69) is 4.99 Å². The summed E-state index contributed by atoms with van der Waals surface area (Å²) >= 11 is 0. The maximum Gasteiger partial charge on any atom is 0.339 e. The van der Waals surface area contributed by atoms with Crippen LogP contribution in [-0.4, -0.2) is 31.9 Å². The molecule has 0 saturated heterocycles. The first-order valence-corrected chi connectivity index (χ1v) is 8.52. The molecule has 20 heavy (non-hydrogen) atoms. The minimum absolute atomic E-state index is 0.0390. The van der Waals surface area contributed by atoms with Crippen molar-refractivity contribution < 1.29 is 18.3 Å². The van der Waals surface area contributed by atoms with Gasteiger partial charge >= 0.3 is 7.60 Å². The molecular formula is C14H20NO4P. The quantitative estimate of drug-likeness (QED) is 0.724. The Kier molecular flexibility index (Phi) is 5.35. The van der Waals surface area contributed by atoms with E-state index >= 15 is 0 Å². The van der Waals surface area contributed by atoms with E-state index in [0.29, 0.717) is 25.7 Å². The van der Waals surface area contributed by atoms with Gasteiger partial charge < -0.3 is 13.8 Å². The normalized spacial score (nSPS) is 18.7. The van der Waals surface area contributed by atoms with Crippen LogP contribution < -0.4 is 0 Å². The average Bonchev–Trinajstić information content (AvgIpc) is 2.88. The summed E-state index contributed by atoms with van der Waals surface area (Å²) in [6.45, 7) is 4.72. The maximum atomic E-state index is 12.4. The third-order valence-corrected chi connectivity index (χ3v) is 4.83. The van der Waals surface area contributed by atoms with E-state index < -0.39 is 7.60 Å². The summed E-state index contributed by atoms with van der Waals surface area (Å²) in [5.74, 6) is 0.448. The van der Waals surface area contributed by atoms with Gasteiger partial charge in [0.25, 0.3) is 0 Å². The van der Waals surface area contributed by atoms with Crippen LogP contribution in [0.5, 0.6) is 0 Å². The van der Waals surface area contributed by atoms with Gasteiger partial charge in [-0.05, 0) is 19.4 Å². The fourth-order valence-corrected chi connectivity index (χ4v) is 3.59. The van der Waals surface area contributed by atoms with Gasteiger partial charge in [-0.25, -0.2) is 4.99 Å². The van der Waals surface area contributed by atoms with Gasteiger partial charge in [-0.3, -0.25) is 4.57 Å². The minimum atomic E-state index is -3.14. The molecule has 0 aromatic heterocycles. The van der Waals surface area contributed by atoms with Crippen molar-refractivity contribution in [1.82, 2.24) is 0 Å². The fraction of sp³-hybridized carbons (Fsp3) is 0.500. The Morgan fingerprint density at radius 2 is 1.90 bits per heavy atom. The van der Waals surface area contributed by atoms with Gasteiger partial charge in [-0.1, -0.05) is 30.3 Å². The number of ether oxygens (including phenoxy) is 1. The third-order valence-electron chi connectivity index (χ3n) is 2.87. The average molecular weight is 297 g/mol. The van der Waals surface area contributed by atoms with E-state index in [1.54, 1.807) is 13.8 Å². The lowest BCUT2D eigenvalue weighted by Gasteiger charge is -2.16. The molecule has 1 aromatic carbocycles.